The van der Waals surface area contributed by atoms with Gasteiger partial charge in [0.25, 0.3) is 0 Å². The molecule has 0 aliphatic carbocycles. The van der Waals surface area contributed by atoms with Crippen molar-refractivity contribution in [3.63, 3.8) is 0 Å². The summed E-state index contributed by atoms with van der Waals surface area (Å²) in [6.45, 7) is 0. The van der Waals surface area contributed by atoms with Crippen molar-refractivity contribution < 1.29 is 8.42 Å². The summed E-state index contributed by atoms with van der Waals surface area (Å²) in [4.78, 5) is 0. The summed E-state index contributed by atoms with van der Waals surface area (Å²) in [6.07, 6.45) is 1.65. The second-order valence-corrected chi connectivity index (χ2v) is 7.12. The zero-order valence-corrected chi connectivity index (χ0v) is 11.8. The van der Waals surface area contributed by atoms with Crippen LogP contribution in [0.1, 0.15) is 0 Å². The summed E-state index contributed by atoms with van der Waals surface area (Å²) in [6, 6.07) is 8.59. The lowest BCUT2D eigenvalue weighted by atomic mass is 10.2. The molecule has 19 heavy (non-hydrogen) atoms. The summed E-state index contributed by atoms with van der Waals surface area (Å²) < 4.78 is 24.3. The van der Waals surface area contributed by atoms with Gasteiger partial charge >= 0.3 is 0 Å². The van der Waals surface area contributed by atoms with Gasteiger partial charge in [-0.15, -0.1) is 11.3 Å². The van der Waals surface area contributed by atoms with Crippen LogP contribution in [0.4, 0.5) is 0 Å². The Labute approximate surface area is 118 Å². The lowest BCUT2D eigenvalue weighted by Gasteiger charge is -1.99. The molecule has 0 aliphatic heterocycles. The van der Waals surface area contributed by atoms with Crippen molar-refractivity contribution in [2.45, 2.75) is 4.21 Å². The zero-order chi connectivity index (χ0) is 13.6. The number of rotatable bonds is 2. The molecular weight excluding hydrogens is 306 g/mol. The molecule has 0 amide bonds. The van der Waals surface area contributed by atoms with E-state index in [1.54, 1.807) is 23.0 Å². The summed E-state index contributed by atoms with van der Waals surface area (Å²) in [7, 11) is -3.68. The Kier molecular flexibility index (Phi) is 2.86. The molecule has 0 saturated heterocycles. The average Bonchev–Trinajstić information content (AvgIpc) is 2.93. The van der Waals surface area contributed by atoms with E-state index in [9.17, 15) is 8.42 Å². The van der Waals surface area contributed by atoms with Crippen LogP contribution in [-0.2, 0) is 10.0 Å². The van der Waals surface area contributed by atoms with E-state index in [0.29, 0.717) is 10.0 Å². The lowest BCUT2D eigenvalue weighted by Crippen LogP contribution is -2.09. The molecule has 2 heterocycles. The number of fused-ring (bicyclic) bond motifs is 1. The van der Waals surface area contributed by atoms with Gasteiger partial charge in [-0.2, -0.15) is 5.10 Å². The van der Waals surface area contributed by atoms with E-state index in [-0.39, 0.29) is 4.21 Å². The van der Waals surface area contributed by atoms with Crippen molar-refractivity contribution >= 4 is 43.9 Å². The highest BCUT2D eigenvalue weighted by Gasteiger charge is 2.14. The standard InChI is InChI=1S/C11H8ClN3O2S2/c12-8-2-1-3-9-7(8)6-14-15(9)10-4-5-11(18-10)19(13,16)17/h1-6H,(H2,13,16,17). The molecule has 1 aromatic carbocycles. The van der Waals surface area contributed by atoms with Gasteiger partial charge in [0.2, 0.25) is 10.0 Å². The predicted octanol–water partition coefficient (Wildman–Crippen LogP) is 2.39. The molecule has 0 unspecified atom stereocenters. The molecule has 2 N–H and O–H groups in total. The SMILES string of the molecule is NS(=O)(=O)c1ccc(-n2ncc3c(Cl)cccc32)s1. The molecule has 0 radical (unpaired) electrons. The highest BCUT2D eigenvalue weighted by atomic mass is 35.5. The van der Waals surface area contributed by atoms with Crippen molar-refractivity contribution in [3.8, 4) is 5.00 Å². The molecule has 0 aliphatic rings. The number of hydrogen-bond acceptors (Lipinski definition) is 4. The number of nitrogens with zero attached hydrogens (tertiary/aromatic N) is 2. The molecule has 5 nitrogen and oxygen atoms in total. The van der Waals surface area contributed by atoms with Crippen molar-refractivity contribution in [3.05, 3.63) is 41.6 Å². The topological polar surface area (TPSA) is 78.0 Å². The van der Waals surface area contributed by atoms with Crippen molar-refractivity contribution in [2.75, 3.05) is 0 Å². The molecule has 0 atom stereocenters. The van der Waals surface area contributed by atoms with Crippen LogP contribution in [0.25, 0.3) is 15.9 Å². The molecule has 98 valence electrons. The third kappa shape index (κ3) is 2.14. The minimum Gasteiger partial charge on any atom is -0.224 e. The Balaban J connectivity index is 2.20. The fraction of sp³-hybridized carbons (Fsp3) is 0. The second-order valence-electron chi connectivity index (χ2n) is 3.87. The van der Waals surface area contributed by atoms with Crippen LogP contribution in [0.5, 0.6) is 0 Å². The van der Waals surface area contributed by atoms with Crippen molar-refractivity contribution in [1.29, 1.82) is 0 Å². The second kappa shape index (κ2) is 4.31. The highest BCUT2D eigenvalue weighted by Crippen LogP contribution is 2.29. The maximum atomic E-state index is 11.3. The predicted molar refractivity (Wildman–Crippen MR) is 75.3 cm³/mol. The van der Waals surface area contributed by atoms with Crippen LogP contribution in [0.2, 0.25) is 5.02 Å². The smallest absolute Gasteiger partial charge is 0.224 e. The summed E-state index contributed by atoms with van der Waals surface area (Å²) >= 11 is 7.13. The molecule has 0 fully saturated rings. The number of hydrogen-bond donors (Lipinski definition) is 1. The maximum absolute atomic E-state index is 11.3. The van der Waals surface area contributed by atoms with E-state index in [1.807, 2.05) is 12.1 Å². The van der Waals surface area contributed by atoms with Crippen LogP contribution in [0, 0.1) is 0 Å². The normalized spacial score (nSPS) is 12.1. The molecule has 8 heteroatoms. The number of thiophene rings is 1. The van der Waals surface area contributed by atoms with Crippen molar-refractivity contribution in [1.82, 2.24) is 9.78 Å². The number of nitrogens with two attached hydrogens (primary N) is 1. The number of aromatic nitrogens is 2. The molecule has 0 bridgehead atoms. The Bertz CT molecular complexity index is 867. The maximum Gasteiger partial charge on any atom is 0.247 e. The third-order valence-electron chi connectivity index (χ3n) is 2.62. The molecule has 0 saturated carbocycles. The van der Waals surface area contributed by atoms with Gasteiger partial charge in [-0.3, -0.25) is 0 Å². The summed E-state index contributed by atoms with van der Waals surface area (Å²) in [5.74, 6) is 0. The summed E-state index contributed by atoms with van der Waals surface area (Å²) in [5.41, 5.74) is 0.815. The lowest BCUT2D eigenvalue weighted by molar-refractivity contribution is 0.600. The molecular formula is C11H8ClN3O2S2. The van der Waals surface area contributed by atoms with Gasteiger partial charge < -0.3 is 0 Å². The Hall–Kier alpha value is -1.41. The number of sulfonamides is 1. The largest absolute Gasteiger partial charge is 0.247 e. The highest BCUT2D eigenvalue weighted by molar-refractivity contribution is 7.91. The van der Waals surface area contributed by atoms with Gasteiger partial charge in [-0.05, 0) is 24.3 Å². The number of halogens is 1. The first-order chi connectivity index (χ1) is 8.97. The van der Waals surface area contributed by atoms with E-state index in [0.717, 1.165) is 22.2 Å². The van der Waals surface area contributed by atoms with Gasteiger partial charge in [0.05, 0.1) is 16.7 Å². The van der Waals surface area contributed by atoms with Crippen LogP contribution >= 0.6 is 22.9 Å². The molecule has 2 aromatic heterocycles. The first-order valence-corrected chi connectivity index (χ1v) is 7.96. The molecule has 3 aromatic rings. The van der Waals surface area contributed by atoms with Crippen LogP contribution in [0.3, 0.4) is 0 Å². The summed E-state index contributed by atoms with van der Waals surface area (Å²) in [5, 5.41) is 11.4. The Morgan fingerprint density at radius 3 is 2.74 bits per heavy atom. The first-order valence-electron chi connectivity index (χ1n) is 5.22. The molecule has 3 rings (SSSR count). The Morgan fingerprint density at radius 1 is 1.26 bits per heavy atom. The van der Waals surface area contributed by atoms with Gasteiger partial charge in [-0.25, -0.2) is 18.2 Å². The van der Waals surface area contributed by atoms with Crippen LogP contribution in [-0.4, -0.2) is 18.2 Å². The van der Waals surface area contributed by atoms with E-state index in [1.165, 1.54) is 6.07 Å². The number of benzene rings is 1. The third-order valence-corrected chi connectivity index (χ3v) is 5.45. The fourth-order valence-electron chi connectivity index (χ4n) is 1.77. The Morgan fingerprint density at radius 2 is 2.05 bits per heavy atom. The van der Waals surface area contributed by atoms with Crippen LogP contribution in [0.15, 0.2) is 40.7 Å². The minimum absolute atomic E-state index is 0.105. The van der Waals surface area contributed by atoms with Gasteiger partial charge in [0.15, 0.2) is 0 Å². The van der Waals surface area contributed by atoms with Gasteiger partial charge in [-0.1, -0.05) is 17.7 Å². The van der Waals surface area contributed by atoms with E-state index in [2.05, 4.69) is 5.10 Å². The zero-order valence-electron chi connectivity index (χ0n) is 9.45. The average molecular weight is 314 g/mol. The van der Waals surface area contributed by atoms with E-state index >= 15 is 0 Å². The number of primary sulfonamides is 1. The van der Waals surface area contributed by atoms with Crippen LogP contribution < -0.4 is 5.14 Å². The van der Waals surface area contributed by atoms with Crippen molar-refractivity contribution in [2.24, 2.45) is 5.14 Å². The molecule has 0 spiro atoms. The minimum atomic E-state index is -3.68. The van der Waals surface area contributed by atoms with Gasteiger partial charge in [0.1, 0.15) is 9.21 Å². The van der Waals surface area contributed by atoms with E-state index < -0.39 is 10.0 Å². The van der Waals surface area contributed by atoms with Gasteiger partial charge in [0, 0.05) is 5.39 Å². The first kappa shape index (κ1) is 12.6. The quantitative estimate of drug-likeness (QED) is 0.789. The fourth-order valence-corrected chi connectivity index (χ4v) is 3.68. The van der Waals surface area contributed by atoms with E-state index in [4.69, 9.17) is 16.7 Å². The monoisotopic (exact) mass is 313 g/mol.